The molecule has 0 aromatic heterocycles. The number of nitrogens with one attached hydrogen (secondary N) is 1. The zero-order valence-electron chi connectivity index (χ0n) is 15.1. The molecule has 0 saturated carbocycles. The minimum atomic E-state index is -6.57. The van der Waals surface area contributed by atoms with Gasteiger partial charge < -0.3 is 14.8 Å². The second kappa shape index (κ2) is 9.10. The summed E-state index contributed by atoms with van der Waals surface area (Å²) < 4.78 is 99.0. The summed E-state index contributed by atoms with van der Waals surface area (Å²) in [7, 11) is 2.73. The number of rotatable bonds is 9. The van der Waals surface area contributed by atoms with E-state index < -0.39 is 30.5 Å². The fourth-order valence-electron chi connectivity index (χ4n) is 2.14. The summed E-state index contributed by atoms with van der Waals surface area (Å²) in [5.41, 5.74) is 0.381. The van der Waals surface area contributed by atoms with Crippen molar-refractivity contribution in [3.8, 4) is 11.5 Å². The molecule has 1 N–H and O–H groups in total. The largest absolute Gasteiger partial charge is 0.496 e. The first-order valence-electron chi connectivity index (χ1n) is 7.81. The average molecular weight is 437 g/mol. The Morgan fingerprint density at radius 2 is 1.61 bits per heavy atom. The Balaban J connectivity index is 2.92. The molecule has 1 rings (SSSR count). The van der Waals surface area contributed by atoms with Gasteiger partial charge >= 0.3 is 18.0 Å². The van der Waals surface area contributed by atoms with Crippen LogP contribution in [0.4, 0.5) is 30.7 Å². The Labute approximate surface area is 160 Å². The van der Waals surface area contributed by atoms with Crippen LogP contribution >= 0.6 is 11.8 Å². The van der Waals surface area contributed by atoms with Crippen molar-refractivity contribution in [2.45, 2.75) is 36.3 Å². The zero-order valence-corrected chi connectivity index (χ0v) is 15.9. The van der Waals surface area contributed by atoms with Crippen molar-refractivity contribution in [2.75, 3.05) is 26.5 Å². The number of alkyl halides is 7. The van der Waals surface area contributed by atoms with Crippen LogP contribution in [0.15, 0.2) is 17.0 Å². The number of ether oxygens (including phenoxy) is 2. The van der Waals surface area contributed by atoms with Crippen LogP contribution in [-0.2, 0) is 11.2 Å². The molecule has 0 aliphatic heterocycles. The first-order valence-corrected chi connectivity index (χ1v) is 8.80. The molecular weight excluding hydrogens is 419 g/mol. The maximum absolute atomic E-state index is 13.3. The molecule has 0 fully saturated rings. The predicted octanol–water partition coefficient (Wildman–Crippen LogP) is 4.31. The maximum Gasteiger partial charge on any atom is 0.460 e. The highest BCUT2D eigenvalue weighted by molar-refractivity contribution is 7.99. The number of carbonyl (C=O) groups excluding carboxylic acids is 1. The van der Waals surface area contributed by atoms with E-state index in [0.29, 0.717) is 17.1 Å². The molecule has 0 aliphatic rings. The Morgan fingerprint density at radius 3 is 2.07 bits per heavy atom. The number of benzene rings is 1. The lowest BCUT2D eigenvalue weighted by molar-refractivity contribution is -0.344. The quantitative estimate of drug-likeness (QED) is 0.462. The predicted molar refractivity (Wildman–Crippen MR) is 88.6 cm³/mol. The van der Waals surface area contributed by atoms with Crippen molar-refractivity contribution in [2.24, 2.45) is 0 Å². The first-order chi connectivity index (χ1) is 12.8. The Kier molecular flexibility index (Phi) is 7.86. The van der Waals surface area contributed by atoms with Crippen LogP contribution in [0.25, 0.3) is 0 Å². The standard InChI is InChI=1S/C16H18F7NO3S/c1-4-28-12-8-10(26-2)9(7-11(12)27-3)5-6-24-13(25)14(17,18)15(19,20)16(21,22)23/h7-8H,4-6H2,1-3H3,(H,24,25). The van der Waals surface area contributed by atoms with Crippen LogP contribution < -0.4 is 14.8 Å². The zero-order chi connectivity index (χ0) is 21.8. The Morgan fingerprint density at radius 1 is 1.04 bits per heavy atom. The molecule has 0 spiro atoms. The molecule has 0 aliphatic carbocycles. The summed E-state index contributed by atoms with van der Waals surface area (Å²) in [5, 5.41) is 1.41. The molecule has 0 saturated heterocycles. The van der Waals surface area contributed by atoms with Crippen molar-refractivity contribution in [3.05, 3.63) is 17.7 Å². The van der Waals surface area contributed by atoms with Gasteiger partial charge in [0.05, 0.1) is 19.1 Å². The highest BCUT2D eigenvalue weighted by Crippen LogP contribution is 2.46. The van der Waals surface area contributed by atoms with Crippen LogP contribution in [0.1, 0.15) is 12.5 Å². The molecule has 0 unspecified atom stereocenters. The maximum atomic E-state index is 13.3. The molecule has 0 heterocycles. The van der Waals surface area contributed by atoms with E-state index in [1.54, 1.807) is 6.07 Å². The third kappa shape index (κ3) is 4.95. The van der Waals surface area contributed by atoms with E-state index in [4.69, 9.17) is 9.47 Å². The van der Waals surface area contributed by atoms with E-state index in [1.165, 1.54) is 37.4 Å². The number of halogens is 7. The highest BCUT2D eigenvalue weighted by Gasteiger charge is 2.76. The molecule has 0 radical (unpaired) electrons. The van der Waals surface area contributed by atoms with Gasteiger partial charge in [-0.15, -0.1) is 11.8 Å². The smallest absolute Gasteiger partial charge is 0.460 e. The number of hydrogen-bond donors (Lipinski definition) is 1. The van der Waals surface area contributed by atoms with E-state index in [2.05, 4.69) is 0 Å². The summed E-state index contributed by atoms with van der Waals surface area (Å²) in [4.78, 5) is 12.0. The molecule has 12 heteroatoms. The second-order valence-corrected chi connectivity index (χ2v) is 6.71. The molecule has 4 nitrogen and oxygen atoms in total. The third-order valence-electron chi connectivity index (χ3n) is 3.58. The lowest BCUT2D eigenvalue weighted by atomic mass is 10.1. The van der Waals surface area contributed by atoms with Gasteiger partial charge in [-0.25, -0.2) is 0 Å². The van der Waals surface area contributed by atoms with Crippen molar-refractivity contribution in [1.82, 2.24) is 5.32 Å². The summed E-state index contributed by atoms with van der Waals surface area (Å²) >= 11 is 1.44. The lowest BCUT2D eigenvalue weighted by Crippen LogP contribution is -2.59. The third-order valence-corrected chi connectivity index (χ3v) is 4.50. The van der Waals surface area contributed by atoms with Crippen molar-refractivity contribution in [1.29, 1.82) is 0 Å². The molecule has 0 bridgehead atoms. The van der Waals surface area contributed by atoms with Gasteiger partial charge in [-0.1, -0.05) is 6.92 Å². The molecule has 1 aromatic rings. The van der Waals surface area contributed by atoms with Crippen molar-refractivity contribution >= 4 is 17.7 Å². The van der Waals surface area contributed by atoms with Gasteiger partial charge in [0.25, 0.3) is 5.91 Å². The number of methoxy groups -OCH3 is 2. The minimum Gasteiger partial charge on any atom is -0.496 e. The van der Waals surface area contributed by atoms with E-state index in [0.717, 1.165) is 10.6 Å². The van der Waals surface area contributed by atoms with Crippen LogP contribution in [-0.4, -0.2) is 50.4 Å². The van der Waals surface area contributed by atoms with E-state index in [9.17, 15) is 35.5 Å². The molecule has 28 heavy (non-hydrogen) atoms. The van der Waals surface area contributed by atoms with Gasteiger partial charge in [-0.2, -0.15) is 30.7 Å². The number of hydrogen-bond acceptors (Lipinski definition) is 4. The van der Waals surface area contributed by atoms with Gasteiger partial charge in [0.1, 0.15) is 11.5 Å². The fourth-order valence-corrected chi connectivity index (χ4v) is 2.92. The van der Waals surface area contributed by atoms with Gasteiger partial charge in [-0.05, 0) is 29.9 Å². The second-order valence-electron chi connectivity index (χ2n) is 5.40. The van der Waals surface area contributed by atoms with Crippen LogP contribution in [0, 0.1) is 0 Å². The van der Waals surface area contributed by atoms with Crippen LogP contribution in [0.2, 0.25) is 0 Å². The molecule has 1 amide bonds. The first kappa shape index (κ1) is 24.2. The Hall–Kier alpha value is -1.85. The summed E-state index contributed by atoms with van der Waals surface area (Å²) in [6, 6.07) is 3.11. The fraction of sp³-hybridized carbons (Fsp3) is 0.562. The number of carbonyl (C=O) groups is 1. The topological polar surface area (TPSA) is 47.6 Å². The SMILES string of the molecule is CCSc1cc(OC)c(CCNC(=O)C(F)(F)C(F)(F)C(F)(F)F)cc1OC. The molecule has 160 valence electrons. The van der Waals surface area contributed by atoms with Crippen LogP contribution in [0.3, 0.4) is 0 Å². The van der Waals surface area contributed by atoms with Crippen LogP contribution in [0.5, 0.6) is 11.5 Å². The van der Waals surface area contributed by atoms with Crippen molar-refractivity contribution < 1.29 is 45.0 Å². The molecular formula is C16H18F7NO3S. The van der Waals surface area contributed by atoms with Crippen molar-refractivity contribution in [3.63, 3.8) is 0 Å². The van der Waals surface area contributed by atoms with Gasteiger partial charge in [-0.3, -0.25) is 4.79 Å². The van der Waals surface area contributed by atoms with E-state index in [-0.39, 0.29) is 6.42 Å². The number of amides is 1. The Bertz CT molecular complexity index is 696. The minimum absolute atomic E-state index is 0.171. The van der Waals surface area contributed by atoms with E-state index in [1.807, 2.05) is 6.92 Å². The molecule has 0 atom stereocenters. The lowest BCUT2D eigenvalue weighted by Gasteiger charge is -2.27. The highest BCUT2D eigenvalue weighted by atomic mass is 32.2. The summed E-state index contributed by atoms with van der Waals surface area (Å²) in [6.45, 7) is 1.28. The number of thioether (sulfide) groups is 1. The normalized spacial score (nSPS) is 12.6. The average Bonchev–Trinajstić information content (AvgIpc) is 2.61. The van der Waals surface area contributed by atoms with Gasteiger partial charge in [0.2, 0.25) is 0 Å². The van der Waals surface area contributed by atoms with Gasteiger partial charge in [0, 0.05) is 6.54 Å². The summed E-state index contributed by atoms with van der Waals surface area (Å²) in [5.74, 6) is -13.7. The monoisotopic (exact) mass is 437 g/mol. The van der Waals surface area contributed by atoms with Gasteiger partial charge in [0.15, 0.2) is 0 Å². The summed E-state index contributed by atoms with van der Waals surface area (Å²) in [6.07, 6.45) is -6.74. The van der Waals surface area contributed by atoms with E-state index >= 15 is 0 Å². The molecule has 1 aromatic carbocycles.